The summed E-state index contributed by atoms with van der Waals surface area (Å²) in [5.41, 5.74) is -5.43. The molecule has 2 atom stereocenters. The van der Waals surface area contributed by atoms with E-state index in [1.807, 2.05) is 0 Å². The summed E-state index contributed by atoms with van der Waals surface area (Å²) in [7, 11) is 2.77. The maximum atomic E-state index is 13.4. The molecule has 29 heavy (non-hydrogen) atoms. The Bertz CT molecular complexity index is 745. The minimum Gasteiger partial charge on any atom is -0.382 e. The fourth-order valence-corrected chi connectivity index (χ4v) is 3.36. The molecular formula is C18H19F6NO3S. The van der Waals surface area contributed by atoms with Gasteiger partial charge in [-0.25, -0.2) is 0 Å². The third-order valence-electron chi connectivity index (χ3n) is 3.82. The summed E-state index contributed by atoms with van der Waals surface area (Å²) in [4.78, 5) is 0. The Labute approximate surface area is 168 Å². The van der Waals surface area contributed by atoms with Gasteiger partial charge in [0.1, 0.15) is 0 Å². The van der Waals surface area contributed by atoms with Crippen molar-refractivity contribution >= 4 is 17.8 Å². The summed E-state index contributed by atoms with van der Waals surface area (Å²) in [5, 5.41) is 18.8. The van der Waals surface area contributed by atoms with Crippen LogP contribution in [0.2, 0.25) is 0 Å². The molecule has 0 amide bonds. The van der Waals surface area contributed by atoms with E-state index in [2.05, 4.69) is 0 Å². The highest BCUT2D eigenvalue weighted by molar-refractivity contribution is 7.99. The molecule has 0 heterocycles. The van der Waals surface area contributed by atoms with Crippen LogP contribution in [0, 0.1) is 11.3 Å². The molecule has 1 rings (SSSR count). The van der Waals surface area contributed by atoms with Gasteiger partial charge in [0.05, 0.1) is 29.9 Å². The van der Waals surface area contributed by atoms with Crippen LogP contribution in [0.4, 0.5) is 26.3 Å². The van der Waals surface area contributed by atoms with Gasteiger partial charge in [-0.15, -0.1) is 0 Å². The molecule has 0 saturated heterocycles. The highest BCUT2D eigenvalue weighted by Gasteiger charge is 2.51. The van der Waals surface area contributed by atoms with Gasteiger partial charge in [0.25, 0.3) is 0 Å². The second-order valence-electron chi connectivity index (χ2n) is 6.00. The van der Waals surface area contributed by atoms with Gasteiger partial charge in [0.2, 0.25) is 0 Å². The minimum atomic E-state index is -5.06. The number of thioether (sulfide) groups is 1. The van der Waals surface area contributed by atoms with Crippen LogP contribution in [-0.4, -0.2) is 55.3 Å². The van der Waals surface area contributed by atoms with Gasteiger partial charge < -0.3 is 14.6 Å². The van der Waals surface area contributed by atoms with E-state index in [1.54, 1.807) is 0 Å². The van der Waals surface area contributed by atoms with Crippen molar-refractivity contribution in [1.29, 1.82) is 5.26 Å². The number of hydrogen-bond donors (Lipinski definition) is 1. The Balaban J connectivity index is 3.07. The first-order valence-corrected chi connectivity index (χ1v) is 9.22. The lowest BCUT2D eigenvalue weighted by molar-refractivity contribution is -0.230. The smallest absolute Gasteiger partial charge is 0.382 e. The Morgan fingerprint density at radius 3 is 2.34 bits per heavy atom. The van der Waals surface area contributed by atoms with E-state index in [4.69, 9.17) is 14.7 Å². The van der Waals surface area contributed by atoms with E-state index in [0.29, 0.717) is 12.1 Å². The number of halogens is 6. The van der Waals surface area contributed by atoms with Crippen LogP contribution in [0.1, 0.15) is 16.7 Å². The molecule has 0 aliphatic carbocycles. The topological polar surface area (TPSA) is 62.5 Å². The lowest BCUT2D eigenvalue weighted by Gasteiger charge is -2.27. The number of aliphatic hydroxyl groups is 1. The van der Waals surface area contributed by atoms with Gasteiger partial charge in [-0.2, -0.15) is 43.4 Å². The zero-order valence-electron chi connectivity index (χ0n) is 15.5. The van der Waals surface area contributed by atoms with Crippen LogP contribution in [0.15, 0.2) is 24.3 Å². The summed E-state index contributed by atoms with van der Waals surface area (Å²) in [6.45, 7) is 0.148. The first kappa shape index (κ1) is 25.3. The molecular weight excluding hydrogens is 424 g/mol. The number of nitrogens with zero attached hydrogens (tertiary/aromatic N) is 1. The molecule has 4 nitrogen and oxygen atoms in total. The van der Waals surface area contributed by atoms with E-state index < -0.39 is 40.9 Å². The lowest BCUT2D eigenvalue weighted by Crippen LogP contribution is -2.46. The SMILES string of the molecule is COCC(CSCC(O)(/C=C/c1ccc(C#N)c(C(F)(F)F)c1)C(F)(F)F)OC. The van der Waals surface area contributed by atoms with Crippen LogP contribution in [0.3, 0.4) is 0 Å². The van der Waals surface area contributed by atoms with Crippen LogP contribution in [-0.2, 0) is 15.7 Å². The maximum Gasteiger partial charge on any atom is 0.421 e. The highest BCUT2D eigenvalue weighted by Crippen LogP contribution is 2.36. The van der Waals surface area contributed by atoms with Crippen LogP contribution in [0.25, 0.3) is 6.08 Å². The number of ether oxygens (including phenoxy) is 2. The zero-order chi connectivity index (χ0) is 22.3. The van der Waals surface area contributed by atoms with E-state index in [1.165, 1.54) is 20.3 Å². The van der Waals surface area contributed by atoms with Gasteiger partial charge >= 0.3 is 12.4 Å². The van der Waals surface area contributed by atoms with Gasteiger partial charge in [-0.1, -0.05) is 12.1 Å². The molecule has 11 heteroatoms. The fraction of sp³-hybridized carbons (Fsp3) is 0.500. The minimum absolute atomic E-state index is 0.103. The van der Waals surface area contributed by atoms with Gasteiger partial charge in [-0.05, 0) is 23.8 Å². The molecule has 0 spiro atoms. The summed E-state index contributed by atoms with van der Waals surface area (Å²) < 4.78 is 88.9. The van der Waals surface area contributed by atoms with Crippen molar-refractivity contribution in [3.8, 4) is 6.07 Å². The average molecular weight is 443 g/mol. The predicted octanol–water partition coefficient (Wildman–Crippen LogP) is 4.28. The molecule has 0 bridgehead atoms. The zero-order valence-corrected chi connectivity index (χ0v) is 16.3. The molecule has 1 aromatic rings. The van der Waals surface area contributed by atoms with Gasteiger partial charge in [0.15, 0.2) is 5.60 Å². The average Bonchev–Trinajstić information content (AvgIpc) is 2.63. The maximum absolute atomic E-state index is 13.4. The van der Waals surface area contributed by atoms with Crippen LogP contribution in [0.5, 0.6) is 0 Å². The summed E-state index contributed by atoms with van der Waals surface area (Å²) in [6, 6.07) is 3.86. The summed E-state index contributed by atoms with van der Waals surface area (Å²) >= 11 is 0.759. The summed E-state index contributed by atoms with van der Waals surface area (Å²) in [5.74, 6) is -0.690. The van der Waals surface area contributed by atoms with Crippen molar-refractivity contribution < 1.29 is 40.9 Å². The van der Waals surface area contributed by atoms with Crippen molar-refractivity contribution in [1.82, 2.24) is 0 Å². The van der Waals surface area contributed by atoms with Crippen molar-refractivity contribution in [2.45, 2.75) is 24.1 Å². The fourth-order valence-electron chi connectivity index (χ4n) is 2.17. The second-order valence-corrected chi connectivity index (χ2v) is 7.03. The largest absolute Gasteiger partial charge is 0.421 e. The number of hydrogen-bond acceptors (Lipinski definition) is 5. The number of methoxy groups -OCH3 is 2. The normalized spacial score (nSPS) is 15.9. The van der Waals surface area contributed by atoms with E-state index >= 15 is 0 Å². The van der Waals surface area contributed by atoms with E-state index in [0.717, 1.165) is 30.0 Å². The number of alkyl halides is 6. The molecule has 0 aliphatic rings. The molecule has 0 saturated carbocycles. The van der Waals surface area contributed by atoms with Crippen molar-refractivity contribution in [3.05, 3.63) is 41.0 Å². The van der Waals surface area contributed by atoms with Crippen molar-refractivity contribution in [2.75, 3.05) is 32.3 Å². The summed E-state index contributed by atoms with van der Waals surface area (Å²) in [6.07, 6.45) is -9.24. The predicted molar refractivity (Wildman–Crippen MR) is 96.2 cm³/mol. The monoisotopic (exact) mass is 443 g/mol. The molecule has 1 N–H and O–H groups in total. The molecule has 0 aliphatic heterocycles. The Morgan fingerprint density at radius 2 is 1.86 bits per heavy atom. The van der Waals surface area contributed by atoms with Gasteiger partial charge in [0, 0.05) is 25.7 Å². The van der Waals surface area contributed by atoms with E-state index in [-0.39, 0.29) is 17.9 Å². The lowest BCUT2D eigenvalue weighted by atomic mass is 10.0. The Morgan fingerprint density at radius 1 is 1.21 bits per heavy atom. The molecule has 162 valence electrons. The van der Waals surface area contributed by atoms with Crippen LogP contribution < -0.4 is 0 Å². The quantitative estimate of drug-likeness (QED) is 0.578. The Hall–Kier alpha value is -1.74. The second kappa shape index (κ2) is 10.3. The molecule has 0 radical (unpaired) electrons. The number of nitriles is 1. The van der Waals surface area contributed by atoms with Crippen molar-refractivity contribution in [3.63, 3.8) is 0 Å². The molecule has 0 fully saturated rings. The van der Waals surface area contributed by atoms with E-state index in [9.17, 15) is 31.4 Å². The molecule has 0 aromatic heterocycles. The third kappa shape index (κ3) is 7.22. The third-order valence-corrected chi connectivity index (χ3v) is 5.08. The number of benzene rings is 1. The first-order valence-electron chi connectivity index (χ1n) is 8.07. The molecule has 2 unspecified atom stereocenters. The van der Waals surface area contributed by atoms with Gasteiger partial charge in [-0.3, -0.25) is 0 Å². The Kier molecular flexibility index (Phi) is 9.02. The standard InChI is InChI=1S/C18H19F6NO3S/c1-27-9-14(28-2)10-29-11-16(26,18(22,23)24)6-5-12-3-4-13(8-25)15(7-12)17(19,20)21/h3-7,14,26H,9-11H2,1-2H3/b6-5+. The molecule has 1 aromatic carbocycles. The first-order chi connectivity index (χ1) is 13.4. The van der Waals surface area contributed by atoms with Crippen LogP contribution >= 0.6 is 11.8 Å². The van der Waals surface area contributed by atoms with Crippen molar-refractivity contribution in [2.24, 2.45) is 0 Å². The number of rotatable bonds is 9. The highest BCUT2D eigenvalue weighted by atomic mass is 32.2.